The number of carbonyl (C=O) groups excluding carboxylic acids is 1. The lowest BCUT2D eigenvalue weighted by Crippen LogP contribution is -2.29. The average molecular weight is 494 g/mol. The molecule has 1 aliphatic carbocycles. The van der Waals surface area contributed by atoms with Crippen LogP contribution in [0, 0.1) is 12.8 Å². The number of alkyl halides is 3. The molecule has 34 heavy (non-hydrogen) atoms. The number of nitrogens with zero attached hydrogens (tertiary/aromatic N) is 3. The Balaban J connectivity index is 0.00000158. The Morgan fingerprint density at radius 3 is 2.50 bits per heavy atom. The Bertz CT molecular complexity index is 1070. The van der Waals surface area contributed by atoms with E-state index in [1.807, 2.05) is 31.3 Å². The van der Waals surface area contributed by atoms with Crippen LogP contribution in [0.15, 0.2) is 34.4 Å². The van der Waals surface area contributed by atoms with Crippen molar-refractivity contribution in [3.05, 3.63) is 35.0 Å². The van der Waals surface area contributed by atoms with Crippen molar-refractivity contribution in [1.29, 1.82) is 0 Å². The number of guanidine groups is 1. The summed E-state index contributed by atoms with van der Waals surface area (Å²) in [6.45, 7) is 3.67. The number of halogens is 3. The topological polar surface area (TPSA) is 92.7 Å². The van der Waals surface area contributed by atoms with E-state index in [0.29, 0.717) is 11.6 Å². The molecule has 0 radical (unpaired) electrons. The van der Waals surface area contributed by atoms with Crippen LogP contribution in [0.4, 0.5) is 18.9 Å². The number of carbonyl (C=O) groups is 1. The Kier molecular flexibility index (Phi) is 8.59. The molecule has 4 rings (SSSR count). The zero-order chi connectivity index (χ0) is 24.9. The molecule has 1 aromatic heterocycles. The summed E-state index contributed by atoms with van der Waals surface area (Å²) in [5.41, 5.74) is 6.25. The van der Waals surface area contributed by atoms with Gasteiger partial charge in [0.1, 0.15) is 11.5 Å². The van der Waals surface area contributed by atoms with E-state index in [0.717, 1.165) is 46.7 Å². The molecule has 1 saturated carbocycles. The molecule has 0 atom stereocenters. The van der Waals surface area contributed by atoms with Crippen LogP contribution in [0.25, 0.3) is 10.4 Å². The zero-order valence-electron chi connectivity index (χ0n) is 19.6. The lowest BCUT2D eigenvalue weighted by atomic mass is 9.81. The molecule has 0 amide bonds. The summed E-state index contributed by atoms with van der Waals surface area (Å²) in [5.74, 6) is 0.808. The van der Waals surface area contributed by atoms with Gasteiger partial charge in [-0.3, -0.25) is 9.79 Å². The van der Waals surface area contributed by atoms with Crippen LogP contribution in [0.5, 0.6) is 0 Å². The highest BCUT2D eigenvalue weighted by atomic mass is 32.1. The minimum Gasteiger partial charge on any atom is -0.333 e. The van der Waals surface area contributed by atoms with Crippen LogP contribution in [0.3, 0.4) is 0 Å². The summed E-state index contributed by atoms with van der Waals surface area (Å²) in [6.07, 6.45) is 0.975. The fourth-order valence-electron chi connectivity index (χ4n) is 4.24. The van der Waals surface area contributed by atoms with Crippen molar-refractivity contribution in [3.8, 4) is 10.4 Å². The van der Waals surface area contributed by atoms with Gasteiger partial charge in [-0.05, 0) is 69.8 Å². The summed E-state index contributed by atoms with van der Waals surface area (Å²) < 4.78 is 39.0. The number of aryl methyl sites for hydroxylation is 1. The molecule has 2 heterocycles. The number of rotatable bonds is 4. The van der Waals surface area contributed by atoms with Crippen molar-refractivity contribution in [2.24, 2.45) is 21.6 Å². The smallest absolute Gasteiger partial charge is 0.333 e. The number of hydrogen-bond acceptors (Lipinski definition) is 7. The van der Waals surface area contributed by atoms with Crippen LogP contribution in [0.2, 0.25) is 0 Å². The first-order chi connectivity index (χ1) is 16.2. The van der Waals surface area contributed by atoms with E-state index >= 15 is 0 Å². The van der Waals surface area contributed by atoms with Gasteiger partial charge in [-0.15, -0.1) is 11.3 Å². The number of nitrogens with two attached hydrogens (primary N) is 1. The van der Waals surface area contributed by atoms with Gasteiger partial charge >= 0.3 is 6.18 Å². The predicted molar refractivity (Wildman–Crippen MR) is 132 cm³/mol. The van der Waals surface area contributed by atoms with E-state index in [9.17, 15) is 18.0 Å². The molecule has 2 aliphatic rings. The number of benzene rings is 1. The number of hydrogen-bond donors (Lipinski definition) is 2. The van der Waals surface area contributed by atoms with E-state index in [-0.39, 0.29) is 30.6 Å². The monoisotopic (exact) mass is 493 g/mol. The van der Waals surface area contributed by atoms with Gasteiger partial charge in [-0.2, -0.15) is 13.2 Å². The Morgan fingerprint density at radius 1 is 1.15 bits per heavy atom. The van der Waals surface area contributed by atoms with Gasteiger partial charge in [-0.25, -0.2) is 9.98 Å². The SMILES string of the molecule is CC(=O)C1CCC(c2ncc(-c3cc(C)cc(NC4=NCCC(C(F)(F)F)=N4)c3)s2)CC1.CN. The van der Waals surface area contributed by atoms with Crippen molar-refractivity contribution in [2.75, 3.05) is 18.9 Å². The number of aromatic nitrogens is 1. The normalized spacial score (nSPS) is 20.6. The van der Waals surface area contributed by atoms with Gasteiger partial charge in [0.2, 0.25) is 5.96 Å². The fourth-order valence-corrected chi connectivity index (χ4v) is 5.32. The largest absolute Gasteiger partial charge is 0.429 e. The van der Waals surface area contributed by atoms with E-state index < -0.39 is 11.9 Å². The highest BCUT2D eigenvalue weighted by molar-refractivity contribution is 7.15. The second kappa shape index (κ2) is 11.2. The van der Waals surface area contributed by atoms with Gasteiger partial charge in [0, 0.05) is 36.7 Å². The Morgan fingerprint density at radius 2 is 1.85 bits per heavy atom. The second-order valence-corrected chi connectivity index (χ2v) is 9.51. The Labute approximate surface area is 201 Å². The minimum atomic E-state index is -4.44. The van der Waals surface area contributed by atoms with E-state index in [4.69, 9.17) is 0 Å². The quantitative estimate of drug-likeness (QED) is 0.569. The maximum absolute atomic E-state index is 13.0. The predicted octanol–water partition coefficient (Wildman–Crippen LogP) is 5.73. The summed E-state index contributed by atoms with van der Waals surface area (Å²) in [6, 6.07) is 5.77. The molecule has 6 nitrogen and oxygen atoms in total. The molecule has 3 N–H and O–H groups in total. The lowest BCUT2D eigenvalue weighted by Gasteiger charge is -2.25. The van der Waals surface area contributed by atoms with Crippen molar-refractivity contribution in [1.82, 2.24) is 4.98 Å². The molecular formula is C24H30F3N5OS. The standard InChI is InChI=1S/C23H25F3N4OS.CH5N/c1-13-9-17(11-18(10-13)29-22-27-8-7-20(30-22)23(24,25)26)19-12-28-21(32-19)16-5-3-15(4-6-16)14(2)31;1-2/h9-12,15-16H,3-8H2,1-2H3,(H,27,29);2H2,1H3. The maximum Gasteiger partial charge on any atom is 0.429 e. The number of ketones is 1. The molecule has 0 unspecified atom stereocenters. The van der Waals surface area contributed by atoms with Gasteiger partial charge in [-0.1, -0.05) is 6.07 Å². The molecular weight excluding hydrogens is 463 g/mol. The van der Waals surface area contributed by atoms with Crippen molar-refractivity contribution in [2.45, 2.75) is 58.0 Å². The summed E-state index contributed by atoms with van der Waals surface area (Å²) in [7, 11) is 1.50. The molecule has 10 heteroatoms. The maximum atomic E-state index is 13.0. The van der Waals surface area contributed by atoms with Gasteiger partial charge in [0.15, 0.2) is 0 Å². The Hall–Kier alpha value is -2.59. The first kappa shape index (κ1) is 26.0. The number of anilines is 1. The van der Waals surface area contributed by atoms with Crippen LogP contribution < -0.4 is 11.1 Å². The average Bonchev–Trinajstić information content (AvgIpc) is 3.30. The third-order valence-corrected chi connectivity index (χ3v) is 7.18. The van der Waals surface area contributed by atoms with Crippen molar-refractivity contribution >= 4 is 34.5 Å². The first-order valence-corrected chi connectivity index (χ1v) is 12.1. The van der Waals surface area contributed by atoms with Crippen LogP contribution >= 0.6 is 11.3 Å². The highest BCUT2D eigenvalue weighted by Gasteiger charge is 2.36. The van der Waals surface area contributed by atoms with Crippen LogP contribution in [0.1, 0.15) is 55.5 Å². The van der Waals surface area contributed by atoms with Gasteiger partial charge in [0.05, 0.1) is 9.88 Å². The first-order valence-electron chi connectivity index (χ1n) is 11.3. The second-order valence-electron chi connectivity index (χ2n) is 8.45. The van der Waals surface area contributed by atoms with Crippen LogP contribution in [-0.4, -0.2) is 42.2 Å². The van der Waals surface area contributed by atoms with Gasteiger partial charge < -0.3 is 11.1 Å². The van der Waals surface area contributed by atoms with E-state index in [2.05, 4.69) is 26.0 Å². The third-order valence-electron chi connectivity index (χ3n) is 5.97. The summed E-state index contributed by atoms with van der Waals surface area (Å²) >= 11 is 1.64. The molecule has 184 valence electrons. The van der Waals surface area contributed by atoms with E-state index in [1.165, 1.54) is 7.05 Å². The molecule has 0 bridgehead atoms. The molecule has 1 aromatic carbocycles. The number of Topliss-reactive ketones (excluding diaryl/α,β-unsaturated/α-hetero) is 1. The van der Waals surface area contributed by atoms with E-state index in [1.54, 1.807) is 18.3 Å². The molecule has 0 spiro atoms. The zero-order valence-corrected chi connectivity index (χ0v) is 20.4. The molecule has 1 aliphatic heterocycles. The summed E-state index contributed by atoms with van der Waals surface area (Å²) in [4.78, 5) is 25.0. The number of thiazole rings is 1. The fraction of sp³-hybridized carbons (Fsp3) is 0.500. The third kappa shape index (κ3) is 6.50. The van der Waals surface area contributed by atoms with Crippen LogP contribution in [-0.2, 0) is 4.79 Å². The molecule has 0 saturated heterocycles. The minimum absolute atomic E-state index is 0.0210. The molecule has 2 aromatic rings. The lowest BCUT2D eigenvalue weighted by molar-refractivity contribution is -0.121. The highest BCUT2D eigenvalue weighted by Crippen LogP contribution is 2.40. The van der Waals surface area contributed by atoms with Crippen molar-refractivity contribution < 1.29 is 18.0 Å². The van der Waals surface area contributed by atoms with Crippen molar-refractivity contribution in [3.63, 3.8) is 0 Å². The van der Waals surface area contributed by atoms with Gasteiger partial charge in [0.25, 0.3) is 0 Å². The number of nitrogens with one attached hydrogen (secondary N) is 1. The number of aliphatic imine (C=N–C) groups is 2. The summed E-state index contributed by atoms with van der Waals surface area (Å²) in [5, 5.41) is 4.01. The molecule has 1 fully saturated rings.